The van der Waals surface area contributed by atoms with Gasteiger partial charge >= 0.3 is 0 Å². The molecule has 0 unspecified atom stereocenters. The van der Waals surface area contributed by atoms with Gasteiger partial charge in [-0.15, -0.1) is 11.8 Å². The van der Waals surface area contributed by atoms with E-state index in [2.05, 4.69) is 49.3 Å². The first-order valence-corrected chi connectivity index (χ1v) is 11.6. The van der Waals surface area contributed by atoms with E-state index in [0.29, 0.717) is 17.0 Å². The van der Waals surface area contributed by atoms with E-state index in [1.807, 2.05) is 37.3 Å². The molecule has 2 aromatic heterocycles. The van der Waals surface area contributed by atoms with Crippen LogP contribution >= 0.6 is 11.8 Å². The third-order valence-corrected chi connectivity index (χ3v) is 7.06. The molecule has 29 heavy (non-hydrogen) atoms. The third-order valence-electron chi connectivity index (χ3n) is 6.19. The number of aryl methyl sites for hydroxylation is 1. The van der Waals surface area contributed by atoms with Crippen LogP contribution in [0.25, 0.3) is 22.0 Å². The predicted octanol–water partition coefficient (Wildman–Crippen LogP) is 6.03. The van der Waals surface area contributed by atoms with Crippen LogP contribution in [-0.4, -0.2) is 21.3 Å². The van der Waals surface area contributed by atoms with E-state index >= 15 is 0 Å². The molecule has 1 aliphatic rings. The lowest BCUT2D eigenvalue weighted by atomic mass is 9.75. The first kappa shape index (κ1) is 20.1. The molecule has 0 saturated heterocycles. The van der Waals surface area contributed by atoms with Crippen LogP contribution in [0.1, 0.15) is 46.5 Å². The zero-order valence-electron chi connectivity index (χ0n) is 17.8. The molecule has 1 saturated carbocycles. The van der Waals surface area contributed by atoms with Crippen molar-refractivity contribution in [3.8, 4) is 11.1 Å². The summed E-state index contributed by atoms with van der Waals surface area (Å²) in [6, 6.07) is 9.22. The van der Waals surface area contributed by atoms with Crippen molar-refractivity contribution in [1.29, 1.82) is 0 Å². The number of hydrogen-bond acceptors (Lipinski definition) is 3. The molecule has 0 bridgehead atoms. The molecule has 4 nitrogen and oxygen atoms in total. The second-order valence-corrected chi connectivity index (χ2v) is 10.3. The molecule has 3 aromatic rings. The number of H-pyrrole nitrogens is 1. The molecular formula is C24H31N3OS. The topological polar surface area (TPSA) is 49.8 Å². The predicted molar refractivity (Wildman–Crippen MR) is 125 cm³/mol. The van der Waals surface area contributed by atoms with E-state index in [9.17, 15) is 4.79 Å². The Balaban J connectivity index is 1.78. The quantitative estimate of drug-likeness (QED) is 0.506. The van der Waals surface area contributed by atoms with Crippen molar-refractivity contribution in [2.75, 3.05) is 11.1 Å². The molecule has 1 aliphatic carbocycles. The minimum Gasteiger partial charge on any atom is -0.382 e. The van der Waals surface area contributed by atoms with Gasteiger partial charge in [0.05, 0.1) is 0 Å². The zero-order valence-corrected chi connectivity index (χ0v) is 18.7. The summed E-state index contributed by atoms with van der Waals surface area (Å²) >= 11 is 1.85. The average Bonchev–Trinajstić information content (AvgIpc) is 3.18. The number of rotatable bonds is 5. The van der Waals surface area contributed by atoms with Crippen LogP contribution in [0.15, 0.2) is 46.3 Å². The summed E-state index contributed by atoms with van der Waals surface area (Å²) in [5, 5.41) is 4.82. The maximum absolute atomic E-state index is 12.5. The molecule has 4 rings (SSSR count). The Labute approximate surface area is 177 Å². The molecule has 154 valence electrons. The lowest BCUT2D eigenvalue weighted by molar-refractivity contribution is 0.232. The van der Waals surface area contributed by atoms with Gasteiger partial charge < -0.3 is 14.9 Å². The number of nitrogens with zero attached hydrogens (tertiary/aromatic N) is 1. The molecule has 0 atom stereocenters. The highest BCUT2D eigenvalue weighted by Gasteiger charge is 2.27. The molecule has 0 amide bonds. The highest BCUT2D eigenvalue weighted by atomic mass is 32.2. The van der Waals surface area contributed by atoms with Crippen molar-refractivity contribution in [3.63, 3.8) is 0 Å². The van der Waals surface area contributed by atoms with Crippen LogP contribution in [0.2, 0.25) is 0 Å². The van der Waals surface area contributed by atoms with Gasteiger partial charge in [0.25, 0.3) is 5.56 Å². The Hall–Kier alpha value is -2.14. The minimum atomic E-state index is 0.0110. The Morgan fingerprint density at radius 3 is 2.69 bits per heavy atom. The number of aromatic amines is 1. The molecule has 5 heteroatoms. The Kier molecular flexibility index (Phi) is 5.52. The van der Waals surface area contributed by atoms with Crippen LogP contribution in [0.4, 0.5) is 5.69 Å². The van der Waals surface area contributed by atoms with E-state index in [1.165, 1.54) is 36.1 Å². The van der Waals surface area contributed by atoms with Crippen molar-refractivity contribution in [1.82, 2.24) is 9.55 Å². The first-order chi connectivity index (χ1) is 13.9. The average molecular weight is 410 g/mol. The van der Waals surface area contributed by atoms with E-state index in [4.69, 9.17) is 0 Å². The fourth-order valence-electron chi connectivity index (χ4n) is 4.38. The van der Waals surface area contributed by atoms with Gasteiger partial charge in [0.15, 0.2) is 0 Å². The molecule has 1 fully saturated rings. The van der Waals surface area contributed by atoms with Crippen molar-refractivity contribution >= 4 is 28.4 Å². The lowest BCUT2D eigenvalue weighted by Crippen LogP contribution is -2.30. The van der Waals surface area contributed by atoms with Crippen LogP contribution in [0.3, 0.4) is 0 Å². The van der Waals surface area contributed by atoms with Crippen molar-refractivity contribution in [3.05, 3.63) is 47.0 Å². The number of pyridine rings is 1. The third kappa shape index (κ3) is 4.11. The highest BCUT2D eigenvalue weighted by Crippen LogP contribution is 2.39. The normalized spacial score (nSPS) is 17.0. The number of thioether (sulfide) groups is 1. The summed E-state index contributed by atoms with van der Waals surface area (Å²) in [6.45, 7) is 6.92. The van der Waals surface area contributed by atoms with Gasteiger partial charge in [-0.25, -0.2) is 0 Å². The maximum Gasteiger partial charge on any atom is 0.274 e. The monoisotopic (exact) mass is 409 g/mol. The van der Waals surface area contributed by atoms with E-state index in [1.54, 1.807) is 4.57 Å². The van der Waals surface area contributed by atoms with Crippen molar-refractivity contribution < 1.29 is 0 Å². The van der Waals surface area contributed by atoms with Crippen LogP contribution < -0.4 is 10.9 Å². The fraction of sp³-hybridized carbons (Fsp3) is 0.458. The van der Waals surface area contributed by atoms with Gasteiger partial charge in [-0.05, 0) is 61.1 Å². The standard InChI is InChI=1S/C24H31N3OS/c1-5-29-17-6-7-21(26-16-8-11-24(2,3)12-9-16)19(14-17)20-15-27(4)23(28)22-18(20)10-13-25-22/h6-7,10,13-16,25-26H,5,8-9,11-12H2,1-4H3. The van der Waals surface area contributed by atoms with Crippen molar-refractivity contribution in [2.45, 2.75) is 57.4 Å². The molecular weight excluding hydrogens is 378 g/mol. The largest absolute Gasteiger partial charge is 0.382 e. The van der Waals surface area contributed by atoms with E-state index in [-0.39, 0.29) is 5.56 Å². The van der Waals surface area contributed by atoms with Gasteiger partial charge in [0, 0.05) is 52.6 Å². The second kappa shape index (κ2) is 7.94. The molecule has 0 spiro atoms. The molecule has 0 radical (unpaired) electrons. The number of anilines is 1. The highest BCUT2D eigenvalue weighted by molar-refractivity contribution is 7.99. The van der Waals surface area contributed by atoms with Crippen LogP contribution in [0.5, 0.6) is 0 Å². The number of aromatic nitrogens is 2. The summed E-state index contributed by atoms with van der Waals surface area (Å²) in [4.78, 5) is 16.9. The molecule has 2 heterocycles. The van der Waals surface area contributed by atoms with Crippen molar-refractivity contribution in [2.24, 2.45) is 12.5 Å². The number of hydrogen-bond donors (Lipinski definition) is 2. The number of benzene rings is 1. The second-order valence-electron chi connectivity index (χ2n) is 8.95. The summed E-state index contributed by atoms with van der Waals surface area (Å²) in [7, 11) is 1.83. The van der Waals surface area contributed by atoms with Gasteiger partial charge in [-0.3, -0.25) is 4.79 Å². The SMILES string of the molecule is CCSc1ccc(NC2CCC(C)(C)CC2)c(-c2cn(C)c(=O)c3[nH]ccc23)c1. The number of nitrogens with one attached hydrogen (secondary N) is 2. The summed E-state index contributed by atoms with van der Waals surface area (Å²) in [6.07, 6.45) is 8.74. The number of fused-ring (bicyclic) bond motifs is 1. The van der Waals surface area contributed by atoms with Crippen LogP contribution in [-0.2, 0) is 7.05 Å². The van der Waals surface area contributed by atoms with E-state index in [0.717, 1.165) is 22.4 Å². The van der Waals surface area contributed by atoms with Gasteiger partial charge in [-0.1, -0.05) is 20.8 Å². The summed E-state index contributed by atoms with van der Waals surface area (Å²) in [5.41, 5.74) is 4.57. The molecule has 0 aliphatic heterocycles. The van der Waals surface area contributed by atoms with Gasteiger partial charge in [0.1, 0.15) is 5.52 Å². The van der Waals surface area contributed by atoms with E-state index < -0.39 is 0 Å². The minimum absolute atomic E-state index is 0.0110. The Morgan fingerprint density at radius 1 is 1.21 bits per heavy atom. The first-order valence-electron chi connectivity index (χ1n) is 10.6. The molecule has 1 aromatic carbocycles. The molecule has 2 N–H and O–H groups in total. The van der Waals surface area contributed by atoms with Crippen LogP contribution in [0, 0.1) is 5.41 Å². The zero-order chi connectivity index (χ0) is 20.6. The lowest BCUT2D eigenvalue weighted by Gasteiger charge is -2.35. The smallest absolute Gasteiger partial charge is 0.274 e. The summed E-state index contributed by atoms with van der Waals surface area (Å²) < 4.78 is 1.68. The van der Waals surface area contributed by atoms with Gasteiger partial charge in [-0.2, -0.15) is 0 Å². The van der Waals surface area contributed by atoms with Gasteiger partial charge in [0.2, 0.25) is 0 Å². The fourth-order valence-corrected chi connectivity index (χ4v) is 5.07. The Bertz CT molecular complexity index is 1070. The summed E-state index contributed by atoms with van der Waals surface area (Å²) in [5.74, 6) is 1.04. The Morgan fingerprint density at radius 2 is 1.97 bits per heavy atom. The maximum atomic E-state index is 12.5.